The highest BCUT2D eigenvalue weighted by Crippen LogP contribution is 2.11. The van der Waals surface area contributed by atoms with Crippen LogP contribution < -0.4 is 5.32 Å². The first kappa shape index (κ1) is 15.0. The van der Waals surface area contributed by atoms with Gasteiger partial charge in [-0.25, -0.2) is 0 Å². The average molecular weight is 281 g/mol. The molecule has 0 fully saturated rings. The number of rotatable bonds is 7. The highest BCUT2D eigenvalue weighted by molar-refractivity contribution is 6.04. The maximum Gasteiger partial charge on any atom is 0.187 e. The Bertz CT molecular complexity index is 588. The van der Waals surface area contributed by atoms with Gasteiger partial charge in [0.1, 0.15) is 0 Å². The van der Waals surface area contributed by atoms with E-state index in [4.69, 9.17) is 5.11 Å². The molecule has 2 N–H and O–H groups in total. The van der Waals surface area contributed by atoms with Gasteiger partial charge in [0, 0.05) is 30.1 Å². The van der Waals surface area contributed by atoms with Crippen LogP contribution in [0.2, 0.25) is 0 Å². The number of allylic oxidation sites excluding steroid dienone is 1. The van der Waals surface area contributed by atoms with Gasteiger partial charge in [0.25, 0.3) is 0 Å². The third-order valence-corrected chi connectivity index (χ3v) is 3.12. The maximum absolute atomic E-state index is 11.9. The van der Waals surface area contributed by atoms with Crippen molar-refractivity contribution in [2.24, 2.45) is 0 Å². The normalized spacial score (nSPS) is 10.7. The summed E-state index contributed by atoms with van der Waals surface area (Å²) in [4.78, 5) is 11.9. The summed E-state index contributed by atoms with van der Waals surface area (Å²) in [5, 5.41) is 11.9. The molecule has 0 spiro atoms. The maximum atomic E-state index is 11.9. The van der Waals surface area contributed by atoms with Gasteiger partial charge in [-0.1, -0.05) is 42.5 Å². The molecule has 21 heavy (non-hydrogen) atoms. The summed E-state index contributed by atoms with van der Waals surface area (Å²) in [5.74, 6) is -0.0253. The van der Waals surface area contributed by atoms with Gasteiger partial charge < -0.3 is 10.4 Å². The summed E-state index contributed by atoms with van der Waals surface area (Å²) < 4.78 is 0. The van der Waals surface area contributed by atoms with Gasteiger partial charge in [-0.05, 0) is 30.5 Å². The summed E-state index contributed by atoms with van der Waals surface area (Å²) in [7, 11) is 0. The number of aryl methyl sites for hydroxylation is 1. The Morgan fingerprint density at radius 3 is 2.43 bits per heavy atom. The Balaban J connectivity index is 1.88. The van der Waals surface area contributed by atoms with Gasteiger partial charge in [-0.3, -0.25) is 4.79 Å². The third kappa shape index (κ3) is 4.89. The highest BCUT2D eigenvalue weighted by Gasteiger charge is 1.99. The van der Waals surface area contributed by atoms with Crippen LogP contribution in [0.1, 0.15) is 22.3 Å². The minimum atomic E-state index is -0.0253. The van der Waals surface area contributed by atoms with E-state index in [9.17, 15) is 4.79 Å². The van der Waals surface area contributed by atoms with Gasteiger partial charge in [0.15, 0.2) is 5.78 Å². The van der Waals surface area contributed by atoms with Crippen LogP contribution in [0.15, 0.2) is 66.9 Å². The standard InChI is InChI=1S/C18H19NO2/c20-14-4-5-15-8-10-17(11-9-15)19-13-12-18(21)16-6-2-1-3-7-16/h1-3,6-13,19-20H,4-5,14H2/b13-12+. The molecule has 0 radical (unpaired) electrons. The van der Waals surface area contributed by atoms with E-state index in [0.717, 1.165) is 18.5 Å². The van der Waals surface area contributed by atoms with Crippen LogP contribution in [0, 0.1) is 0 Å². The van der Waals surface area contributed by atoms with E-state index in [-0.39, 0.29) is 12.4 Å². The quantitative estimate of drug-likeness (QED) is 0.604. The molecule has 108 valence electrons. The Morgan fingerprint density at radius 1 is 1.05 bits per heavy atom. The number of aliphatic hydroxyl groups is 1. The number of carbonyl (C=O) groups excluding carboxylic acids is 1. The summed E-state index contributed by atoms with van der Waals surface area (Å²) in [5.41, 5.74) is 2.80. The summed E-state index contributed by atoms with van der Waals surface area (Å²) in [6.07, 6.45) is 4.82. The zero-order chi connectivity index (χ0) is 14.9. The summed E-state index contributed by atoms with van der Waals surface area (Å²) >= 11 is 0. The zero-order valence-corrected chi connectivity index (χ0v) is 11.8. The van der Waals surface area contributed by atoms with Gasteiger partial charge in [-0.15, -0.1) is 0 Å². The molecule has 0 bridgehead atoms. The molecule has 3 heteroatoms. The minimum Gasteiger partial charge on any atom is -0.396 e. The van der Waals surface area contributed by atoms with E-state index >= 15 is 0 Å². The van der Waals surface area contributed by atoms with Gasteiger partial charge in [0.05, 0.1) is 0 Å². The smallest absolute Gasteiger partial charge is 0.187 e. The number of anilines is 1. The summed E-state index contributed by atoms with van der Waals surface area (Å²) in [6.45, 7) is 0.213. The first-order chi connectivity index (χ1) is 10.3. The number of aliphatic hydroxyl groups excluding tert-OH is 1. The van der Waals surface area contributed by atoms with E-state index in [1.165, 1.54) is 11.6 Å². The number of carbonyl (C=O) groups is 1. The van der Waals surface area contributed by atoms with Crippen LogP contribution in [0.5, 0.6) is 0 Å². The molecule has 0 unspecified atom stereocenters. The van der Waals surface area contributed by atoms with Crippen molar-refractivity contribution in [3.63, 3.8) is 0 Å². The second-order valence-corrected chi connectivity index (χ2v) is 4.73. The van der Waals surface area contributed by atoms with Crippen LogP contribution in [0.4, 0.5) is 5.69 Å². The second-order valence-electron chi connectivity index (χ2n) is 4.73. The van der Waals surface area contributed by atoms with Crippen molar-refractivity contribution >= 4 is 11.5 Å². The third-order valence-electron chi connectivity index (χ3n) is 3.12. The zero-order valence-electron chi connectivity index (χ0n) is 11.8. The number of benzene rings is 2. The topological polar surface area (TPSA) is 49.3 Å². The Morgan fingerprint density at radius 2 is 1.76 bits per heavy atom. The number of nitrogens with one attached hydrogen (secondary N) is 1. The Labute approximate surface area is 124 Å². The van der Waals surface area contributed by atoms with Crippen LogP contribution >= 0.6 is 0 Å². The van der Waals surface area contributed by atoms with Crippen LogP contribution in [-0.4, -0.2) is 17.5 Å². The molecule has 2 aromatic carbocycles. The predicted molar refractivity (Wildman–Crippen MR) is 85.4 cm³/mol. The fraction of sp³-hybridized carbons (Fsp3) is 0.167. The number of hydrogen-bond donors (Lipinski definition) is 2. The second kappa shape index (κ2) is 8.02. The molecule has 0 atom stereocenters. The van der Waals surface area contributed by atoms with E-state index in [1.807, 2.05) is 42.5 Å². The van der Waals surface area contributed by atoms with E-state index < -0.39 is 0 Å². The molecule has 0 amide bonds. The van der Waals surface area contributed by atoms with Crippen molar-refractivity contribution in [2.75, 3.05) is 11.9 Å². The van der Waals surface area contributed by atoms with Gasteiger partial charge in [-0.2, -0.15) is 0 Å². The molecule has 0 aliphatic rings. The molecule has 0 aliphatic heterocycles. The monoisotopic (exact) mass is 281 g/mol. The Hall–Kier alpha value is -2.39. The lowest BCUT2D eigenvalue weighted by Gasteiger charge is -2.03. The molecule has 0 aliphatic carbocycles. The largest absolute Gasteiger partial charge is 0.396 e. The molecule has 2 aromatic rings. The summed E-state index contributed by atoms with van der Waals surface area (Å²) in [6, 6.07) is 17.1. The van der Waals surface area contributed by atoms with Crippen LogP contribution in [0.3, 0.4) is 0 Å². The molecular weight excluding hydrogens is 262 g/mol. The fourth-order valence-corrected chi connectivity index (χ4v) is 1.96. The van der Waals surface area contributed by atoms with Gasteiger partial charge in [0.2, 0.25) is 0 Å². The first-order valence-electron chi connectivity index (χ1n) is 7.02. The predicted octanol–water partition coefficient (Wildman–Crippen LogP) is 3.42. The lowest BCUT2D eigenvalue weighted by Crippen LogP contribution is -1.96. The van der Waals surface area contributed by atoms with Crippen LogP contribution in [-0.2, 0) is 6.42 Å². The van der Waals surface area contributed by atoms with Gasteiger partial charge >= 0.3 is 0 Å². The van der Waals surface area contributed by atoms with E-state index in [2.05, 4.69) is 5.32 Å². The SMILES string of the molecule is O=C(/C=C/Nc1ccc(CCCO)cc1)c1ccccc1. The first-order valence-corrected chi connectivity index (χ1v) is 7.02. The van der Waals surface area contributed by atoms with Crippen molar-refractivity contribution < 1.29 is 9.90 Å². The van der Waals surface area contributed by atoms with E-state index in [1.54, 1.807) is 18.3 Å². The molecule has 0 heterocycles. The molecule has 3 nitrogen and oxygen atoms in total. The van der Waals surface area contributed by atoms with Crippen molar-refractivity contribution in [3.05, 3.63) is 78.0 Å². The van der Waals surface area contributed by atoms with Crippen molar-refractivity contribution in [2.45, 2.75) is 12.8 Å². The lowest BCUT2D eigenvalue weighted by molar-refractivity contribution is 0.104. The average Bonchev–Trinajstić information content (AvgIpc) is 2.55. The minimum absolute atomic E-state index is 0.0253. The van der Waals surface area contributed by atoms with Crippen molar-refractivity contribution in [1.29, 1.82) is 0 Å². The molecule has 2 rings (SSSR count). The fourth-order valence-electron chi connectivity index (χ4n) is 1.96. The number of hydrogen-bond acceptors (Lipinski definition) is 3. The van der Waals surface area contributed by atoms with Crippen LogP contribution in [0.25, 0.3) is 0 Å². The molecule has 0 saturated carbocycles. The molecular formula is C18H19NO2. The molecule has 0 aromatic heterocycles. The molecule has 0 saturated heterocycles. The Kier molecular flexibility index (Phi) is 5.73. The number of ketones is 1. The van der Waals surface area contributed by atoms with Crippen molar-refractivity contribution in [3.8, 4) is 0 Å². The van der Waals surface area contributed by atoms with E-state index in [0.29, 0.717) is 5.56 Å². The lowest BCUT2D eigenvalue weighted by atomic mass is 10.1. The highest BCUT2D eigenvalue weighted by atomic mass is 16.2. The van der Waals surface area contributed by atoms with Crippen molar-refractivity contribution in [1.82, 2.24) is 0 Å².